The summed E-state index contributed by atoms with van der Waals surface area (Å²) in [6, 6.07) is 0. The Labute approximate surface area is 186 Å². The molecule has 0 aromatic heterocycles. The highest BCUT2D eigenvalue weighted by Gasteiger charge is 2.36. The molecule has 0 spiro atoms. The molecular weight excluding hydrogens is 414 g/mol. The smallest absolute Gasteiger partial charge is 0.00173 e. The van der Waals surface area contributed by atoms with Gasteiger partial charge in [0.1, 0.15) is 0 Å². The summed E-state index contributed by atoms with van der Waals surface area (Å²) in [5, 5.41) is 14.2. The molecule has 0 aliphatic heterocycles. The van der Waals surface area contributed by atoms with Crippen molar-refractivity contribution < 1.29 is 0 Å². The molecule has 0 saturated heterocycles. The van der Waals surface area contributed by atoms with Gasteiger partial charge in [-0.05, 0) is 102 Å². The Bertz CT molecular complexity index is 272. The van der Waals surface area contributed by atoms with Crippen molar-refractivity contribution in [2.45, 2.75) is 39.5 Å². The molecule has 4 nitrogen and oxygen atoms in total. The van der Waals surface area contributed by atoms with Crippen molar-refractivity contribution in [2.75, 3.05) is 52.4 Å². The van der Waals surface area contributed by atoms with Crippen LogP contribution in [-0.2, 0) is 0 Å². The molecule has 2 saturated carbocycles. The average molecular weight is 456 g/mol. The summed E-state index contributed by atoms with van der Waals surface area (Å²) in [6.07, 6.45) is 5.47. The first-order valence-electron chi connectivity index (χ1n) is 9.68. The standard InChI is InChI=1S/C18H38N4.4ClH/c1-3-19-11-15-9-17(15)13-21-7-5-6-8-22-14-18-10-16(18)12-20-4-2;;;;/h15-22H,3-14H2,1-2H3;4*1H. The number of halogens is 4. The van der Waals surface area contributed by atoms with E-state index in [9.17, 15) is 0 Å². The van der Waals surface area contributed by atoms with Crippen LogP contribution in [0.4, 0.5) is 0 Å². The van der Waals surface area contributed by atoms with Gasteiger partial charge in [-0.3, -0.25) is 0 Å². The third-order valence-electron chi connectivity index (χ3n) is 5.22. The molecule has 2 aliphatic carbocycles. The molecular formula is C18H42Cl4N4. The molecule has 0 amide bonds. The Morgan fingerprint density at radius 2 is 0.846 bits per heavy atom. The molecule has 0 bridgehead atoms. The lowest BCUT2D eigenvalue weighted by Gasteiger charge is -2.06. The Hall–Kier alpha value is 1.00. The van der Waals surface area contributed by atoms with E-state index in [0.717, 1.165) is 36.8 Å². The van der Waals surface area contributed by atoms with Crippen LogP contribution in [0.25, 0.3) is 0 Å². The van der Waals surface area contributed by atoms with E-state index in [1.54, 1.807) is 0 Å². The van der Waals surface area contributed by atoms with Crippen LogP contribution in [0.2, 0.25) is 0 Å². The highest BCUT2D eigenvalue weighted by molar-refractivity contribution is 5.86. The van der Waals surface area contributed by atoms with E-state index in [2.05, 4.69) is 35.1 Å². The van der Waals surface area contributed by atoms with E-state index in [1.165, 1.54) is 65.0 Å². The zero-order chi connectivity index (χ0) is 15.6. The second kappa shape index (κ2) is 19.3. The van der Waals surface area contributed by atoms with Gasteiger partial charge in [0.15, 0.2) is 0 Å². The van der Waals surface area contributed by atoms with Gasteiger partial charge in [-0.25, -0.2) is 0 Å². The van der Waals surface area contributed by atoms with Crippen LogP contribution >= 0.6 is 49.6 Å². The van der Waals surface area contributed by atoms with Crippen LogP contribution in [0.3, 0.4) is 0 Å². The molecule has 8 heteroatoms. The molecule has 2 rings (SSSR count). The average Bonchev–Trinajstić information content (AvgIpc) is 3.43. The largest absolute Gasteiger partial charge is 0.317 e. The monoisotopic (exact) mass is 454 g/mol. The highest BCUT2D eigenvalue weighted by atomic mass is 35.5. The summed E-state index contributed by atoms with van der Waals surface area (Å²) < 4.78 is 0. The number of nitrogens with one attached hydrogen (secondary N) is 4. The van der Waals surface area contributed by atoms with Gasteiger partial charge in [0, 0.05) is 0 Å². The van der Waals surface area contributed by atoms with Gasteiger partial charge >= 0.3 is 0 Å². The van der Waals surface area contributed by atoms with Gasteiger partial charge in [0.25, 0.3) is 0 Å². The second-order valence-electron chi connectivity index (χ2n) is 7.24. The number of unbranched alkanes of at least 4 members (excludes halogenated alkanes) is 1. The fourth-order valence-electron chi connectivity index (χ4n) is 3.35. The third-order valence-corrected chi connectivity index (χ3v) is 5.22. The molecule has 0 radical (unpaired) electrons. The van der Waals surface area contributed by atoms with Crippen molar-refractivity contribution in [3.8, 4) is 0 Å². The lowest BCUT2D eigenvalue weighted by molar-refractivity contribution is 0.529. The first-order chi connectivity index (χ1) is 10.8. The summed E-state index contributed by atoms with van der Waals surface area (Å²) >= 11 is 0. The minimum Gasteiger partial charge on any atom is -0.317 e. The summed E-state index contributed by atoms with van der Waals surface area (Å²) in [5.74, 6) is 3.78. The van der Waals surface area contributed by atoms with Gasteiger partial charge in [-0.2, -0.15) is 0 Å². The Balaban J connectivity index is -0.00000132. The van der Waals surface area contributed by atoms with Crippen molar-refractivity contribution in [1.29, 1.82) is 0 Å². The normalized spacial score (nSPS) is 25.2. The van der Waals surface area contributed by atoms with Gasteiger partial charge in [0.2, 0.25) is 0 Å². The second-order valence-corrected chi connectivity index (χ2v) is 7.24. The van der Waals surface area contributed by atoms with Gasteiger partial charge in [0.05, 0.1) is 0 Å². The maximum Gasteiger partial charge on any atom is -0.00173 e. The van der Waals surface area contributed by atoms with E-state index in [4.69, 9.17) is 0 Å². The van der Waals surface area contributed by atoms with Crippen LogP contribution in [0.15, 0.2) is 0 Å². The summed E-state index contributed by atoms with van der Waals surface area (Å²) in [4.78, 5) is 0. The third kappa shape index (κ3) is 14.1. The topological polar surface area (TPSA) is 48.1 Å². The van der Waals surface area contributed by atoms with Crippen LogP contribution in [0.5, 0.6) is 0 Å². The Kier molecular flexibility index (Phi) is 23.5. The maximum atomic E-state index is 3.63. The van der Waals surface area contributed by atoms with Crippen LogP contribution < -0.4 is 21.3 Å². The predicted octanol–water partition coefficient (Wildman–Crippen LogP) is 3.12. The molecule has 0 aromatic carbocycles. The first-order valence-corrected chi connectivity index (χ1v) is 9.68. The number of hydrogen-bond donors (Lipinski definition) is 4. The minimum atomic E-state index is 0. The number of hydrogen-bond acceptors (Lipinski definition) is 4. The van der Waals surface area contributed by atoms with Crippen LogP contribution in [0.1, 0.15) is 39.5 Å². The molecule has 4 N–H and O–H groups in total. The molecule has 4 atom stereocenters. The van der Waals surface area contributed by atoms with Crippen LogP contribution in [-0.4, -0.2) is 52.4 Å². The Morgan fingerprint density at radius 3 is 1.15 bits per heavy atom. The zero-order valence-corrected chi connectivity index (χ0v) is 19.7. The van der Waals surface area contributed by atoms with Crippen molar-refractivity contribution in [3.63, 3.8) is 0 Å². The number of rotatable bonds is 15. The minimum absolute atomic E-state index is 0. The van der Waals surface area contributed by atoms with E-state index in [1.807, 2.05) is 0 Å². The molecule has 26 heavy (non-hydrogen) atoms. The van der Waals surface area contributed by atoms with E-state index in [-0.39, 0.29) is 49.6 Å². The lowest BCUT2D eigenvalue weighted by Crippen LogP contribution is -2.24. The first kappa shape index (κ1) is 31.7. The molecule has 162 valence electrons. The van der Waals surface area contributed by atoms with E-state index in [0.29, 0.717) is 0 Å². The van der Waals surface area contributed by atoms with E-state index >= 15 is 0 Å². The Morgan fingerprint density at radius 1 is 0.538 bits per heavy atom. The fraction of sp³-hybridized carbons (Fsp3) is 1.00. The fourth-order valence-corrected chi connectivity index (χ4v) is 3.35. The van der Waals surface area contributed by atoms with Gasteiger partial charge in [-0.1, -0.05) is 13.8 Å². The summed E-state index contributed by atoms with van der Waals surface area (Å²) in [6.45, 7) is 13.9. The van der Waals surface area contributed by atoms with E-state index < -0.39 is 0 Å². The maximum absolute atomic E-state index is 3.63. The van der Waals surface area contributed by atoms with Crippen molar-refractivity contribution in [1.82, 2.24) is 21.3 Å². The summed E-state index contributed by atoms with van der Waals surface area (Å²) in [7, 11) is 0. The predicted molar refractivity (Wildman–Crippen MR) is 124 cm³/mol. The lowest BCUT2D eigenvalue weighted by atomic mass is 10.2. The molecule has 2 aliphatic rings. The SMILES string of the molecule is CCNCC1CC1CNCCCCNCC1CC1CNCC.Cl.Cl.Cl.Cl. The molecule has 0 aromatic rings. The van der Waals surface area contributed by atoms with Crippen molar-refractivity contribution >= 4 is 49.6 Å². The quantitative estimate of drug-likeness (QED) is 0.286. The molecule has 4 unspecified atom stereocenters. The van der Waals surface area contributed by atoms with Gasteiger partial charge < -0.3 is 21.3 Å². The molecule has 0 heterocycles. The van der Waals surface area contributed by atoms with Gasteiger partial charge in [-0.15, -0.1) is 49.6 Å². The van der Waals surface area contributed by atoms with Crippen LogP contribution in [0, 0.1) is 23.7 Å². The van der Waals surface area contributed by atoms with Crippen molar-refractivity contribution in [3.05, 3.63) is 0 Å². The van der Waals surface area contributed by atoms with Crippen molar-refractivity contribution in [2.24, 2.45) is 23.7 Å². The summed E-state index contributed by atoms with van der Waals surface area (Å²) in [5.41, 5.74) is 0. The highest BCUT2D eigenvalue weighted by Crippen LogP contribution is 2.37. The zero-order valence-electron chi connectivity index (χ0n) is 16.4. The molecule has 2 fully saturated rings.